The van der Waals surface area contributed by atoms with Crippen LogP contribution in [0, 0.1) is 19.9 Å². The summed E-state index contributed by atoms with van der Waals surface area (Å²) in [6.07, 6.45) is 0. The maximum atomic E-state index is 10.8. The molecule has 0 aliphatic rings. The molecular formula is C32H42N5OY-. The van der Waals surface area contributed by atoms with Gasteiger partial charge in [0.1, 0.15) is 5.69 Å². The SMILES string of the molecule is CC.CC.CC.CCNc1ccc2c(O)c(N=Nc3[c-]cc(N=Nc4ccccc4)c(C)c3)c(C)cc2c1.[Y]. The average molecular weight is 602 g/mol. The van der Waals surface area contributed by atoms with Crippen LogP contribution in [0.15, 0.2) is 87.2 Å². The molecule has 0 atom stereocenters. The van der Waals surface area contributed by atoms with Gasteiger partial charge in [-0.3, -0.25) is 0 Å². The van der Waals surface area contributed by atoms with Crippen LogP contribution in [0.4, 0.5) is 28.4 Å². The van der Waals surface area contributed by atoms with Gasteiger partial charge in [-0.2, -0.15) is 16.3 Å². The van der Waals surface area contributed by atoms with Crippen LogP contribution in [0.2, 0.25) is 0 Å². The van der Waals surface area contributed by atoms with E-state index < -0.39 is 0 Å². The third kappa shape index (κ3) is 10.6. The van der Waals surface area contributed by atoms with Crippen molar-refractivity contribution in [2.75, 3.05) is 11.9 Å². The fourth-order valence-electron chi connectivity index (χ4n) is 3.41. The maximum absolute atomic E-state index is 10.8. The fourth-order valence-corrected chi connectivity index (χ4v) is 3.41. The minimum absolute atomic E-state index is 0. The number of aryl methyl sites for hydroxylation is 2. The standard InChI is InChI=1S/C26H24N5O.3C2H6.Y/c1-4-27-21-10-12-23-19(16-21)14-18(3)25(26(23)32)31-29-22-11-13-24(17(2)15-22)30-28-20-8-6-5-7-9-20;3*1-2;/h5-10,12-16,27,32H,4H2,1-3H3;3*1-2H3;/q-1;;;;. The summed E-state index contributed by atoms with van der Waals surface area (Å²) < 4.78 is 0. The van der Waals surface area contributed by atoms with E-state index in [1.165, 1.54) is 0 Å². The van der Waals surface area contributed by atoms with E-state index >= 15 is 0 Å². The number of fused-ring (bicyclic) bond motifs is 1. The zero-order chi connectivity index (χ0) is 28.5. The third-order valence-electron chi connectivity index (χ3n) is 5.06. The van der Waals surface area contributed by atoms with Crippen molar-refractivity contribution < 1.29 is 37.8 Å². The molecule has 4 rings (SSSR count). The minimum atomic E-state index is 0. The first-order valence-electron chi connectivity index (χ1n) is 13.5. The van der Waals surface area contributed by atoms with E-state index in [-0.39, 0.29) is 38.5 Å². The van der Waals surface area contributed by atoms with Crippen LogP contribution in [0.25, 0.3) is 10.8 Å². The summed E-state index contributed by atoms with van der Waals surface area (Å²) in [6.45, 7) is 18.7. The molecule has 0 aromatic heterocycles. The van der Waals surface area contributed by atoms with Gasteiger partial charge in [-0.1, -0.05) is 66.7 Å². The molecule has 4 aromatic carbocycles. The van der Waals surface area contributed by atoms with Crippen molar-refractivity contribution in [2.24, 2.45) is 20.5 Å². The Morgan fingerprint density at radius 3 is 2.05 bits per heavy atom. The summed E-state index contributed by atoms with van der Waals surface area (Å²) in [7, 11) is 0. The molecule has 0 fully saturated rings. The van der Waals surface area contributed by atoms with E-state index in [1.807, 2.05) is 123 Å². The normalized spacial score (nSPS) is 9.97. The van der Waals surface area contributed by atoms with Gasteiger partial charge in [0.25, 0.3) is 0 Å². The predicted molar refractivity (Wildman–Crippen MR) is 163 cm³/mol. The van der Waals surface area contributed by atoms with Crippen molar-refractivity contribution in [1.29, 1.82) is 0 Å². The quantitative estimate of drug-likeness (QED) is 0.170. The molecule has 0 saturated carbocycles. The molecule has 0 heterocycles. The van der Waals surface area contributed by atoms with E-state index in [2.05, 4.69) is 31.8 Å². The summed E-state index contributed by atoms with van der Waals surface area (Å²) in [5.41, 5.74) is 5.28. The second-order valence-electron chi connectivity index (χ2n) is 7.48. The number of anilines is 1. The van der Waals surface area contributed by atoms with Gasteiger partial charge in [-0.05, 0) is 72.6 Å². The molecular weight excluding hydrogens is 559 g/mol. The van der Waals surface area contributed by atoms with Gasteiger partial charge in [-0.15, -0.1) is 22.8 Å². The molecule has 0 bridgehead atoms. The fraction of sp³-hybridized carbons (Fsp3) is 0.312. The molecule has 0 saturated heterocycles. The zero-order valence-corrected chi connectivity index (χ0v) is 27.7. The monoisotopic (exact) mass is 601 g/mol. The summed E-state index contributed by atoms with van der Waals surface area (Å²) in [5.74, 6) is 0.122. The third-order valence-corrected chi connectivity index (χ3v) is 5.06. The van der Waals surface area contributed by atoms with Crippen LogP contribution >= 0.6 is 0 Å². The number of aromatic hydroxyl groups is 1. The number of rotatable bonds is 6. The molecule has 39 heavy (non-hydrogen) atoms. The first-order valence-corrected chi connectivity index (χ1v) is 13.5. The average Bonchev–Trinajstić information content (AvgIpc) is 2.96. The van der Waals surface area contributed by atoms with Gasteiger partial charge in [0.2, 0.25) is 0 Å². The van der Waals surface area contributed by atoms with Crippen LogP contribution in [0.5, 0.6) is 5.75 Å². The number of nitrogens with one attached hydrogen (secondary N) is 1. The van der Waals surface area contributed by atoms with Crippen molar-refractivity contribution in [3.05, 3.63) is 83.9 Å². The Labute approximate surface area is 260 Å². The Kier molecular flexibility index (Phi) is 18.5. The molecule has 0 amide bonds. The Bertz CT molecular complexity index is 1320. The Hall–Kier alpha value is -2.96. The van der Waals surface area contributed by atoms with Crippen molar-refractivity contribution in [1.82, 2.24) is 0 Å². The summed E-state index contributed by atoms with van der Waals surface area (Å²) in [4.78, 5) is 0. The van der Waals surface area contributed by atoms with Crippen molar-refractivity contribution in [3.63, 3.8) is 0 Å². The number of benzene rings is 4. The van der Waals surface area contributed by atoms with E-state index in [1.54, 1.807) is 6.07 Å². The number of azo groups is 2. The molecule has 2 N–H and O–H groups in total. The molecule has 205 valence electrons. The summed E-state index contributed by atoms with van der Waals surface area (Å²) in [6, 6.07) is 24.1. The second-order valence-corrected chi connectivity index (χ2v) is 7.48. The van der Waals surface area contributed by atoms with Gasteiger partial charge < -0.3 is 10.4 Å². The second kappa shape index (κ2) is 20.0. The molecule has 6 nitrogen and oxygen atoms in total. The Morgan fingerprint density at radius 1 is 0.769 bits per heavy atom. The number of hydrogen-bond donors (Lipinski definition) is 2. The maximum Gasteiger partial charge on any atom is 0.151 e. The smallest absolute Gasteiger partial charge is 0.151 e. The first kappa shape index (κ1) is 36.0. The van der Waals surface area contributed by atoms with Crippen LogP contribution in [0.3, 0.4) is 0 Å². The van der Waals surface area contributed by atoms with Crippen LogP contribution in [-0.2, 0) is 32.7 Å². The molecule has 0 spiro atoms. The van der Waals surface area contributed by atoms with Crippen LogP contribution in [0.1, 0.15) is 59.6 Å². The van der Waals surface area contributed by atoms with Gasteiger partial charge in [0.05, 0.1) is 5.69 Å². The summed E-state index contributed by atoms with van der Waals surface area (Å²) in [5, 5.41) is 32.9. The molecule has 0 aliphatic heterocycles. The van der Waals surface area contributed by atoms with Crippen LogP contribution in [-0.4, -0.2) is 11.7 Å². The largest absolute Gasteiger partial charge is 0.505 e. The molecule has 4 aromatic rings. The van der Waals surface area contributed by atoms with Gasteiger partial charge in [-0.25, -0.2) is 5.11 Å². The van der Waals surface area contributed by atoms with E-state index in [4.69, 9.17) is 0 Å². The molecule has 0 unspecified atom stereocenters. The van der Waals surface area contributed by atoms with Gasteiger partial charge in [0.15, 0.2) is 5.75 Å². The number of hydrogen-bond acceptors (Lipinski definition) is 6. The van der Waals surface area contributed by atoms with E-state index in [9.17, 15) is 5.11 Å². The predicted octanol–water partition coefficient (Wildman–Crippen LogP) is 11.3. The van der Waals surface area contributed by atoms with Gasteiger partial charge >= 0.3 is 0 Å². The first-order chi connectivity index (χ1) is 18.5. The van der Waals surface area contributed by atoms with E-state index in [0.717, 1.165) is 39.8 Å². The number of phenolic OH excluding ortho intramolecular Hbond substituents is 1. The van der Waals surface area contributed by atoms with Gasteiger partial charge in [0, 0.05) is 50.3 Å². The van der Waals surface area contributed by atoms with Crippen LogP contribution < -0.4 is 5.32 Å². The Balaban J connectivity index is 0.00000193. The minimum Gasteiger partial charge on any atom is -0.505 e. The zero-order valence-electron chi connectivity index (χ0n) is 24.9. The number of phenols is 1. The molecule has 0 aliphatic carbocycles. The van der Waals surface area contributed by atoms with E-state index in [0.29, 0.717) is 17.1 Å². The summed E-state index contributed by atoms with van der Waals surface area (Å²) >= 11 is 0. The topological polar surface area (TPSA) is 81.7 Å². The van der Waals surface area contributed by atoms with Crippen molar-refractivity contribution in [3.8, 4) is 5.75 Å². The van der Waals surface area contributed by atoms with Crippen molar-refractivity contribution in [2.45, 2.75) is 62.3 Å². The molecule has 1 radical (unpaired) electrons. The Morgan fingerprint density at radius 2 is 1.44 bits per heavy atom. The number of nitrogens with zero attached hydrogens (tertiary/aromatic N) is 4. The molecule has 7 heteroatoms. The van der Waals surface area contributed by atoms with Crippen molar-refractivity contribution >= 4 is 39.2 Å².